The highest BCUT2D eigenvalue weighted by Gasteiger charge is 2.50. The van der Waals surface area contributed by atoms with Crippen LogP contribution in [-0.4, -0.2) is 31.2 Å². The summed E-state index contributed by atoms with van der Waals surface area (Å²) in [6, 6.07) is 0.778. The van der Waals surface area contributed by atoms with Crippen LogP contribution in [0.2, 0.25) is 0 Å². The minimum atomic E-state index is -0.0797. The number of ether oxygens (including phenoxy) is 1. The Balaban J connectivity index is 1.72. The van der Waals surface area contributed by atoms with Gasteiger partial charge in [-0.1, -0.05) is 0 Å². The first-order valence-electron chi connectivity index (χ1n) is 7.27. The zero-order chi connectivity index (χ0) is 11.8. The number of fused-ring (bicyclic) bond motifs is 2. The molecule has 0 radical (unpaired) electrons. The van der Waals surface area contributed by atoms with Crippen molar-refractivity contribution in [2.24, 2.45) is 11.8 Å². The maximum absolute atomic E-state index is 11.2. The molecule has 1 aliphatic heterocycles. The molecule has 17 heavy (non-hydrogen) atoms. The molecule has 2 bridgehead atoms. The van der Waals surface area contributed by atoms with Crippen LogP contribution < -0.4 is 4.90 Å². The summed E-state index contributed by atoms with van der Waals surface area (Å²) in [7, 11) is 0. The summed E-state index contributed by atoms with van der Waals surface area (Å²) in [5.74, 6) is 1.25. The van der Waals surface area contributed by atoms with Crippen molar-refractivity contribution >= 4 is 5.97 Å². The standard InChI is InChI=1S/C14H23NO2/c1-10(16)17-14-11-4-6-12(14)13(7-5-11)15-8-2-3-9-15/h11-14H,2-9H2,1H3/p+1/t11-,12+,13+,14-/m0/s1. The summed E-state index contributed by atoms with van der Waals surface area (Å²) in [4.78, 5) is 13.0. The van der Waals surface area contributed by atoms with Crippen LogP contribution in [0.5, 0.6) is 0 Å². The second-order valence-corrected chi connectivity index (χ2v) is 6.12. The Morgan fingerprint density at radius 3 is 2.53 bits per heavy atom. The number of rotatable bonds is 2. The summed E-state index contributed by atoms with van der Waals surface area (Å²) >= 11 is 0. The van der Waals surface area contributed by atoms with Gasteiger partial charge in [-0.05, 0) is 25.2 Å². The SMILES string of the molecule is CC(=O)O[C@H]1[C@H]2CC[C@@H]1[C@H]([NH+]1CCCC1)CC2. The first-order chi connectivity index (χ1) is 8.25. The Kier molecular flexibility index (Phi) is 3.12. The second kappa shape index (κ2) is 4.60. The lowest BCUT2D eigenvalue weighted by atomic mass is 9.81. The van der Waals surface area contributed by atoms with Gasteiger partial charge >= 0.3 is 5.97 Å². The zero-order valence-corrected chi connectivity index (χ0v) is 10.8. The molecule has 2 aliphatic carbocycles. The monoisotopic (exact) mass is 238 g/mol. The smallest absolute Gasteiger partial charge is 0.302 e. The van der Waals surface area contributed by atoms with Gasteiger partial charge in [0.25, 0.3) is 0 Å². The molecule has 3 rings (SSSR count). The first-order valence-corrected chi connectivity index (χ1v) is 7.27. The quantitative estimate of drug-likeness (QED) is 0.721. The number of nitrogens with one attached hydrogen (secondary N) is 1. The van der Waals surface area contributed by atoms with Gasteiger partial charge in [0.15, 0.2) is 0 Å². The van der Waals surface area contributed by atoms with Crippen molar-refractivity contribution in [1.82, 2.24) is 0 Å². The molecule has 1 saturated heterocycles. The topological polar surface area (TPSA) is 30.7 Å². The summed E-state index contributed by atoms with van der Waals surface area (Å²) < 4.78 is 5.62. The lowest BCUT2D eigenvalue weighted by Crippen LogP contribution is -3.15. The molecule has 3 heteroatoms. The van der Waals surface area contributed by atoms with E-state index in [1.165, 1.54) is 51.6 Å². The van der Waals surface area contributed by atoms with Crippen molar-refractivity contribution in [3.8, 4) is 0 Å². The van der Waals surface area contributed by atoms with Gasteiger partial charge in [-0.3, -0.25) is 4.79 Å². The summed E-state index contributed by atoms with van der Waals surface area (Å²) in [6.07, 6.45) is 8.24. The van der Waals surface area contributed by atoms with E-state index in [0.717, 1.165) is 6.04 Å². The van der Waals surface area contributed by atoms with E-state index in [0.29, 0.717) is 11.8 Å². The lowest BCUT2D eigenvalue weighted by molar-refractivity contribution is -0.919. The van der Waals surface area contributed by atoms with Crippen LogP contribution in [0, 0.1) is 11.8 Å². The number of hydrogen-bond acceptors (Lipinski definition) is 2. The Bertz CT molecular complexity index is 299. The highest BCUT2D eigenvalue weighted by Crippen LogP contribution is 2.43. The van der Waals surface area contributed by atoms with Gasteiger partial charge in [0.1, 0.15) is 6.10 Å². The van der Waals surface area contributed by atoms with Crippen molar-refractivity contribution in [3.63, 3.8) is 0 Å². The Morgan fingerprint density at radius 1 is 1.12 bits per heavy atom. The van der Waals surface area contributed by atoms with Gasteiger partial charge in [-0.15, -0.1) is 0 Å². The van der Waals surface area contributed by atoms with Crippen LogP contribution in [0.4, 0.5) is 0 Å². The van der Waals surface area contributed by atoms with Crippen LogP contribution >= 0.6 is 0 Å². The number of carbonyl (C=O) groups excluding carboxylic acids is 1. The van der Waals surface area contributed by atoms with Crippen LogP contribution in [-0.2, 0) is 9.53 Å². The van der Waals surface area contributed by atoms with Crippen LogP contribution in [0.15, 0.2) is 0 Å². The fourth-order valence-electron chi connectivity index (χ4n) is 4.51. The number of esters is 1. The van der Waals surface area contributed by atoms with Crippen molar-refractivity contribution < 1.29 is 14.4 Å². The molecule has 2 saturated carbocycles. The lowest BCUT2D eigenvalue weighted by Gasteiger charge is -2.38. The fraction of sp³-hybridized carbons (Fsp3) is 0.929. The van der Waals surface area contributed by atoms with Crippen LogP contribution in [0.1, 0.15) is 45.4 Å². The molecule has 0 amide bonds. The second-order valence-electron chi connectivity index (χ2n) is 6.12. The van der Waals surface area contributed by atoms with Gasteiger partial charge in [-0.25, -0.2) is 0 Å². The molecule has 0 aromatic rings. The maximum atomic E-state index is 11.2. The minimum Gasteiger partial charge on any atom is -0.462 e. The number of carbonyl (C=O) groups is 1. The van der Waals surface area contributed by atoms with E-state index in [9.17, 15) is 4.79 Å². The van der Waals surface area contributed by atoms with E-state index in [4.69, 9.17) is 4.74 Å². The first kappa shape index (κ1) is 11.5. The maximum Gasteiger partial charge on any atom is 0.302 e. The highest BCUT2D eigenvalue weighted by molar-refractivity contribution is 5.66. The van der Waals surface area contributed by atoms with Gasteiger partial charge in [0.05, 0.1) is 19.1 Å². The average Bonchev–Trinajstić information content (AvgIpc) is 2.87. The van der Waals surface area contributed by atoms with Gasteiger partial charge < -0.3 is 9.64 Å². The predicted molar refractivity (Wildman–Crippen MR) is 64.7 cm³/mol. The van der Waals surface area contributed by atoms with Crippen molar-refractivity contribution in [2.45, 2.75) is 57.6 Å². The molecule has 0 spiro atoms. The van der Waals surface area contributed by atoms with E-state index in [1.54, 1.807) is 11.8 Å². The zero-order valence-electron chi connectivity index (χ0n) is 10.8. The van der Waals surface area contributed by atoms with Crippen molar-refractivity contribution in [1.29, 1.82) is 0 Å². The average molecular weight is 238 g/mol. The third-order valence-electron chi connectivity index (χ3n) is 5.19. The summed E-state index contributed by atoms with van der Waals surface area (Å²) in [5, 5.41) is 0. The van der Waals surface area contributed by atoms with E-state index >= 15 is 0 Å². The Hall–Kier alpha value is -0.570. The number of quaternary nitrogens is 1. The van der Waals surface area contributed by atoms with E-state index in [2.05, 4.69) is 0 Å². The number of hydrogen-bond donors (Lipinski definition) is 1. The summed E-state index contributed by atoms with van der Waals surface area (Å²) in [6.45, 7) is 4.25. The molecular formula is C14H24NO2+. The van der Waals surface area contributed by atoms with E-state index < -0.39 is 0 Å². The molecule has 0 unspecified atom stereocenters. The fourth-order valence-corrected chi connectivity index (χ4v) is 4.51. The minimum absolute atomic E-state index is 0.0797. The highest BCUT2D eigenvalue weighted by atomic mass is 16.5. The molecule has 1 N–H and O–H groups in total. The van der Waals surface area contributed by atoms with Crippen molar-refractivity contribution in [2.75, 3.05) is 13.1 Å². The predicted octanol–water partition coefficient (Wildman–Crippen LogP) is 0.785. The summed E-state index contributed by atoms with van der Waals surface area (Å²) in [5.41, 5.74) is 0. The Morgan fingerprint density at radius 2 is 1.82 bits per heavy atom. The Labute approximate surface area is 104 Å². The largest absolute Gasteiger partial charge is 0.462 e. The third kappa shape index (κ3) is 2.10. The molecule has 4 atom stereocenters. The molecule has 0 aromatic carbocycles. The normalized spacial score (nSPS) is 41.7. The number of likely N-dealkylation sites (tertiary alicyclic amines) is 1. The molecule has 96 valence electrons. The van der Waals surface area contributed by atoms with E-state index in [-0.39, 0.29) is 12.1 Å². The van der Waals surface area contributed by atoms with Gasteiger partial charge in [0, 0.05) is 32.1 Å². The third-order valence-corrected chi connectivity index (χ3v) is 5.19. The van der Waals surface area contributed by atoms with Gasteiger partial charge in [0.2, 0.25) is 0 Å². The molecule has 3 aliphatic rings. The van der Waals surface area contributed by atoms with Gasteiger partial charge in [-0.2, -0.15) is 0 Å². The molecule has 1 heterocycles. The van der Waals surface area contributed by atoms with Crippen LogP contribution in [0.3, 0.4) is 0 Å². The van der Waals surface area contributed by atoms with E-state index in [1.807, 2.05) is 0 Å². The molecule has 0 aromatic heterocycles. The molecule has 3 fully saturated rings. The molecule has 3 nitrogen and oxygen atoms in total. The van der Waals surface area contributed by atoms with Crippen LogP contribution in [0.25, 0.3) is 0 Å². The van der Waals surface area contributed by atoms with Crippen molar-refractivity contribution in [3.05, 3.63) is 0 Å². The molecular weight excluding hydrogens is 214 g/mol.